The fourth-order valence-electron chi connectivity index (χ4n) is 4.51. The summed E-state index contributed by atoms with van der Waals surface area (Å²) in [6.45, 7) is 0.0397. The van der Waals surface area contributed by atoms with Gasteiger partial charge in [0.25, 0.3) is 11.6 Å². The van der Waals surface area contributed by atoms with Crippen LogP contribution in [0.2, 0.25) is 0 Å². The number of nitro benzene ring substituents is 1. The lowest BCUT2D eigenvalue weighted by Crippen LogP contribution is -2.27. The third-order valence-electron chi connectivity index (χ3n) is 6.25. The maximum atomic E-state index is 14.8. The molecule has 12 nitrogen and oxygen atoms in total. The summed E-state index contributed by atoms with van der Waals surface area (Å²) in [4.78, 5) is 40.9. The highest BCUT2D eigenvalue weighted by Crippen LogP contribution is 2.39. The van der Waals surface area contributed by atoms with Crippen LogP contribution in [0, 0.1) is 21.7 Å². The van der Waals surface area contributed by atoms with Crippen molar-refractivity contribution in [1.82, 2.24) is 14.6 Å². The largest absolute Gasteiger partial charge is 0.457 e. The average Bonchev–Trinajstić information content (AvgIpc) is 3.45. The van der Waals surface area contributed by atoms with Crippen molar-refractivity contribution in [3.63, 3.8) is 0 Å². The number of aromatic nitrogens is 3. The lowest BCUT2D eigenvalue weighted by molar-refractivity contribution is -0.384. The number of hydrogen-bond acceptors (Lipinski definition) is 9. The van der Waals surface area contributed by atoms with Crippen molar-refractivity contribution in [3.8, 4) is 0 Å². The number of carbonyl (C=O) groups is 2. The maximum Gasteiger partial charge on any atom is 0.338 e. The number of nitrogen functional groups attached to an aromatic ring is 1. The molecule has 0 bridgehead atoms. The molecule has 14 heteroatoms. The van der Waals surface area contributed by atoms with Gasteiger partial charge in [-0.05, 0) is 30.3 Å². The van der Waals surface area contributed by atoms with Crippen LogP contribution in [0.4, 0.5) is 26.1 Å². The van der Waals surface area contributed by atoms with Gasteiger partial charge in [-0.1, -0.05) is 0 Å². The van der Waals surface area contributed by atoms with Gasteiger partial charge in [-0.2, -0.15) is 0 Å². The van der Waals surface area contributed by atoms with E-state index < -0.39 is 40.6 Å². The zero-order valence-corrected chi connectivity index (χ0v) is 19.5. The standard InChI is InChI=1S/C24H19F2N7O5/c25-13-3-6-17(26)16(7-13)18-8-15(38-24(35)12-1-4-14(5-2-12)33(36)37)10-31(18)20-9-19-21(23(28)34)22(27)30-32(19)11-29-20/h1-7,9,11,15,18H,8,10H2,(H2,27,30)(H2,28,34)/t15-,18+/m0/s1. The predicted octanol–water partition coefficient (Wildman–Crippen LogP) is 2.77. The molecular formula is C24H19F2N7O5. The number of rotatable bonds is 6. The van der Waals surface area contributed by atoms with Crippen LogP contribution in [0.25, 0.3) is 5.52 Å². The van der Waals surface area contributed by atoms with E-state index in [4.69, 9.17) is 16.2 Å². The topological polar surface area (TPSA) is 172 Å². The minimum atomic E-state index is -0.807. The van der Waals surface area contributed by atoms with Crippen LogP contribution in [-0.2, 0) is 4.74 Å². The Morgan fingerprint density at radius 3 is 2.55 bits per heavy atom. The summed E-state index contributed by atoms with van der Waals surface area (Å²) in [5, 5.41) is 14.9. The molecule has 5 rings (SSSR count). The molecule has 2 aromatic heterocycles. The van der Waals surface area contributed by atoms with Gasteiger partial charge in [-0.25, -0.2) is 23.1 Å². The van der Waals surface area contributed by atoms with Gasteiger partial charge in [0.15, 0.2) is 5.82 Å². The number of benzene rings is 2. The second-order valence-corrected chi connectivity index (χ2v) is 8.60. The number of ether oxygens (including phenoxy) is 1. The molecule has 2 aromatic carbocycles. The molecule has 0 spiro atoms. The van der Waals surface area contributed by atoms with Crippen molar-refractivity contribution < 1.29 is 28.0 Å². The Morgan fingerprint density at radius 1 is 1.13 bits per heavy atom. The second-order valence-electron chi connectivity index (χ2n) is 8.60. The van der Waals surface area contributed by atoms with Crippen molar-refractivity contribution in [2.24, 2.45) is 5.73 Å². The third kappa shape index (κ3) is 4.42. The summed E-state index contributed by atoms with van der Waals surface area (Å²) in [6.07, 6.45) is 0.590. The maximum absolute atomic E-state index is 14.8. The molecule has 2 atom stereocenters. The van der Waals surface area contributed by atoms with Crippen LogP contribution < -0.4 is 16.4 Å². The molecule has 194 valence electrons. The first kappa shape index (κ1) is 24.5. The SMILES string of the molecule is NC(=O)c1c(N)nn2cnc(N3C[C@@H](OC(=O)c4ccc([N+](=O)[O-])cc4)C[C@@H]3c3cc(F)ccc3F)cc12. The number of hydrogen-bond donors (Lipinski definition) is 2. The fourth-order valence-corrected chi connectivity index (χ4v) is 4.51. The van der Waals surface area contributed by atoms with Crippen molar-refractivity contribution >= 4 is 34.7 Å². The lowest BCUT2D eigenvalue weighted by atomic mass is 10.0. The lowest BCUT2D eigenvalue weighted by Gasteiger charge is -2.26. The van der Waals surface area contributed by atoms with Crippen LogP contribution in [-0.4, -0.2) is 44.0 Å². The van der Waals surface area contributed by atoms with E-state index in [1.807, 2.05) is 0 Å². The van der Waals surface area contributed by atoms with E-state index in [1.54, 1.807) is 4.90 Å². The van der Waals surface area contributed by atoms with Gasteiger partial charge in [0, 0.05) is 30.2 Å². The van der Waals surface area contributed by atoms with E-state index >= 15 is 0 Å². The summed E-state index contributed by atoms with van der Waals surface area (Å²) >= 11 is 0. The van der Waals surface area contributed by atoms with E-state index in [-0.39, 0.29) is 52.5 Å². The average molecular weight is 523 g/mol. The fraction of sp³-hybridized carbons (Fsp3) is 0.167. The number of esters is 1. The summed E-state index contributed by atoms with van der Waals surface area (Å²) in [7, 11) is 0. The Balaban J connectivity index is 1.49. The molecule has 1 amide bonds. The Kier molecular flexibility index (Phi) is 6.06. The van der Waals surface area contributed by atoms with Gasteiger partial charge in [-0.3, -0.25) is 14.9 Å². The van der Waals surface area contributed by atoms with Crippen LogP contribution in [0.15, 0.2) is 54.9 Å². The Hall–Kier alpha value is -5.14. The Bertz CT molecular complexity index is 1590. The molecule has 0 saturated carbocycles. The van der Waals surface area contributed by atoms with Crippen molar-refractivity contribution in [3.05, 3.63) is 93.3 Å². The van der Waals surface area contributed by atoms with E-state index in [0.717, 1.165) is 18.2 Å². The smallest absolute Gasteiger partial charge is 0.338 e. The first-order valence-corrected chi connectivity index (χ1v) is 11.2. The van der Waals surface area contributed by atoms with Crippen LogP contribution in [0.1, 0.15) is 38.7 Å². The molecule has 0 radical (unpaired) electrons. The summed E-state index contributed by atoms with van der Waals surface area (Å²) in [5.74, 6) is -2.72. The minimum Gasteiger partial charge on any atom is -0.457 e. The van der Waals surface area contributed by atoms with Crippen molar-refractivity contribution in [1.29, 1.82) is 0 Å². The third-order valence-corrected chi connectivity index (χ3v) is 6.25. The van der Waals surface area contributed by atoms with Gasteiger partial charge in [0.1, 0.15) is 35.4 Å². The predicted molar refractivity (Wildman–Crippen MR) is 129 cm³/mol. The molecule has 3 heterocycles. The Morgan fingerprint density at radius 2 is 1.87 bits per heavy atom. The summed E-state index contributed by atoms with van der Waals surface area (Å²) in [6, 6.07) is 8.61. The number of nitro groups is 1. The van der Waals surface area contributed by atoms with Gasteiger partial charge in [0.2, 0.25) is 0 Å². The first-order valence-electron chi connectivity index (χ1n) is 11.2. The summed E-state index contributed by atoms with van der Waals surface area (Å²) < 4.78 is 35.8. The molecular weight excluding hydrogens is 504 g/mol. The number of fused-ring (bicyclic) bond motifs is 1. The molecule has 0 unspecified atom stereocenters. The quantitative estimate of drug-likeness (QED) is 0.219. The van der Waals surface area contributed by atoms with Crippen LogP contribution in [0.3, 0.4) is 0 Å². The van der Waals surface area contributed by atoms with E-state index in [9.17, 15) is 28.5 Å². The zero-order valence-electron chi connectivity index (χ0n) is 19.5. The van der Waals surface area contributed by atoms with E-state index in [0.29, 0.717) is 0 Å². The van der Waals surface area contributed by atoms with Gasteiger partial charge < -0.3 is 21.1 Å². The number of primary amides is 1. The number of amides is 1. The molecule has 1 aliphatic rings. The molecule has 4 aromatic rings. The summed E-state index contributed by atoms with van der Waals surface area (Å²) in [5.41, 5.74) is 11.4. The number of halogens is 2. The number of nitrogens with zero attached hydrogens (tertiary/aromatic N) is 5. The normalized spacial score (nSPS) is 17.1. The minimum absolute atomic E-state index is 0.0173. The van der Waals surface area contributed by atoms with Crippen LogP contribution in [0.5, 0.6) is 0 Å². The monoisotopic (exact) mass is 523 g/mol. The second kappa shape index (κ2) is 9.38. The molecule has 1 aliphatic heterocycles. The Labute approximate surface area is 212 Å². The van der Waals surface area contributed by atoms with E-state index in [2.05, 4.69) is 10.1 Å². The van der Waals surface area contributed by atoms with Gasteiger partial charge >= 0.3 is 5.97 Å². The number of carbonyl (C=O) groups excluding carboxylic acids is 2. The molecule has 4 N–H and O–H groups in total. The highest BCUT2D eigenvalue weighted by atomic mass is 19.1. The highest BCUT2D eigenvalue weighted by molar-refractivity contribution is 6.04. The first-order chi connectivity index (χ1) is 18.1. The number of anilines is 2. The molecule has 1 fully saturated rings. The van der Waals surface area contributed by atoms with Gasteiger partial charge in [-0.15, -0.1) is 5.10 Å². The number of nitrogens with two attached hydrogens (primary N) is 2. The van der Waals surface area contributed by atoms with Gasteiger partial charge in [0.05, 0.1) is 28.6 Å². The molecule has 38 heavy (non-hydrogen) atoms. The van der Waals surface area contributed by atoms with Crippen LogP contribution >= 0.6 is 0 Å². The molecule has 0 aliphatic carbocycles. The van der Waals surface area contributed by atoms with Crippen molar-refractivity contribution in [2.45, 2.75) is 18.6 Å². The van der Waals surface area contributed by atoms with Crippen molar-refractivity contribution in [2.75, 3.05) is 17.2 Å². The highest BCUT2D eigenvalue weighted by Gasteiger charge is 2.38. The zero-order chi connectivity index (χ0) is 27.1. The molecule has 1 saturated heterocycles. The van der Waals surface area contributed by atoms with E-state index in [1.165, 1.54) is 41.2 Å². The number of non-ortho nitro benzene ring substituents is 1.